The minimum Gasteiger partial charge on any atom is -0.402 e. The van der Waals surface area contributed by atoms with Gasteiger partial charge in [-0.2, -0.15) is 4.98 Å². The second kappa shape index (κ2) is 9.78. The standard InChI is InChI=1S/C27H41N7O/c1-27(2)12-11-18(17-27)20(28)16-23(29)31-24-19-8-6-9-21(19)30-26(32-24)34-15-7-10-22(34)25(35)33-13-4-3-5-14-33/h16,18,22H,3-15,17,28H2,1-2H3,(H2,29,30,31,32)/b20-16-. The number of nitrogens with zero attached hydrogens (tertiary/aromatic N) is 5. The second-order valence-corrected chi connectivity index (χ2v) is 11.6. The molecule has 8 nitrogen and oxygen atoms in total. The van der Waals surface area contributed by atoms with E-state index in [0.29, 0.717) is 28.9 Å². The number of carbonyl (C=O) groups is 1. The molecule has 0 spiro atoms. The van der Waals surface area contributed by atoms with Gasteiger partial charge in [-0.05, 0) is 88.0 Å². The molecule has 1 aromatic rings. The number of allylic oxidation sites excluding steroid dienone is 1. The van der Waals surface area contributed by atoms with E-state index in [2.05, 4.69) is 18.7 Å². The highest BCUT2D eigenvalue weighted by molar-refractivity contribution is 5.94. The van der Waals surface area contributed by atoms with E-state index in [1.807, 2.05) is 11.0 Å². The molecule has 2 atom stereocenters. The van der Waals surface area contributed by atoms with Crippen LogP contribution in [-0.2, 0) is 17.6 Å². The van der Waals surface area contributed by atoms with Crippen LogP contribution >= 0.6 is 0 Å². The molecule has 2 saturated heterocycles. The molecule has 190 valence electrons. The van der Waals surface area contributed by atoms with E-state index >= 15 is 0 Å². The first kappa shape index (κ1) is 24.1. The Morgan fingerprint density at radius 2 is 1.83 bits per heavy atom. The fourth-order valence-corrected chi connectivity index (χ4v) is 6.37. The summed E-state index contributed by atoms with van der Waals surface area (Å²) in [5, 5.41) is 0. The summed E-state index contributed by atoms with van der Waals surface area (Å²) in [6.07, 6.45) is 13.3. The number of piperidine rings is 1. The van der Waals surface area contributed by atoms with Crippen LogP contribution in [0.2, 0.25) is 0 Å². The van der Waals surface area contributed by atoms with E-state index in [9.17, 15) is 4.79 Å². The summed E-state index contributed by atoms with van der Waals surface area (Å²) >= 11 is 0. The molecule has 0 radical (unpaired) electrons. The fourth-order valence-electron chi connectivity index (χ4n) is 6.37. The molecule has 2 unspecified atom stereocenters. The zero-order valence-electron chi connectivity index (χ0n) is 21.4. The third-order valence-electron chi connectivity index (χ3n) is 8.35. The van der Waals surface area contributed by atoms with Crippen LogP contribution < -0.4 is 16.4 Å². The van der Waals surface area contributed by atoms with Crippen molar-refractivity contribution in [2.45, 2.75) is 90.5 Å². The van der Waals surface area contributed by atoms with Crippen molar-refractivity contribution in [3.63, 3.8) is 0 Å². The Bertz CT molecular complexity index is 1020. The molecule has 2 aliphatic carbocycles. The number of likely N-dealkylation sites (tertiary alicyclic amines) is 1. The van der Waals surface area contributed by atoms with Crippen molar-refractivity contribution in [3.05, 3.63) is 23.0 Å². The molecule has 1 aromatic heterocycles. The quantitative estimate of drug-likeness (QED) is 0.493. The smallest absolute Gasteiger partial charge is 0.245 e. The third kappa shape index (κ3) is 5.16. The van der Waals surface area contributed by atoms with Gasteiger partial charge in [0.1, 0.15) is 11.9 Å². The fraction of sp³-hybridized carbons (Fsp3) is 0.704. The highest BCUT2D eigenvalue weighted by Gasteiger charge is 2.37. The van der Waals surface area contributed by atoms with Crippen LogP contribution in [0, 0.1) is 11.3 Å². The summed E-state index contributed by atoms with van der Waals surface area (Å²) in [7, 11) is 0. The number of hydrogen-bond donors (Lipinski definition) is 2. The molecule has 3 heterocycles. The normalized spacial score (nSPS) is 26.9. The first-order valence-electron chi connectivity index (χ1n) is 13.6. The van der Waals surface area contributed by atoms with E-state index in [1.54, 1.807) is 0 Å². The number of rotatable bonds is 5. The summed E-state index contributed by atoms with van der Waals surface area (Å²) in [6, 6.07) is -0.178. The summed E-state index contributed by atoms with van der Waals surface area (Å²) in [6.45, 7) is 7.13. The van der Waals surface area contributed by atoms with Gasteiger partial charge < -0.3 is 21.3 Å². The van der Waals surface area contributed by atoms with Crippen molar-refractivity contribution in [2.75, 3.05) is 24.5 Å². The van der Waals surface area contributed by atoms with Crippen molar-refractivity contribution < 1.29 is 4.79 Å². The Labute approximate surface area is 209 Å². The van der Waals surface area contributed by atoms with Gasteiger partial charge in [-0.25, -0.2) is 9.98 Å². The summed E-state index contributed by atoms with van der Waals surface area (Å²) in [4.78, 5) is 32.0. The number of amidine groups is 1. The molecule has 0 aromatic carbocycles. The molecule has 35 heavy (non-hydrogen) atoms. The number of aromatic nitrogens is 2. The molecule has 3 fully saturated rings. The van der Waals surface area contributed by atoms with Crippen LogP contribution in [0.4, 0.5) is 11.8 Å². The Morgan fingerprint density at radius 3 is 2.57 bits per heavy atom. The SMILES string of the molecule is CC1(C)CCC(/C(N)=C/C(N)=Nc2nc(N3CCCC3C(=O)N3CCCCC3)nc3c2CCC3)C1. The van der Waals surface area contributed by atoms with Gasteiger partial charge in [-0.1, -0.05) is 13.8 Å². The Morgan fingerprint density at radius 1 is 1.03 bits per heavy atom. The molecular weight excluding hydrogens is 438 g/mol. The summed E-state index contributed by atoms with van der Waals surface area (Å²) in [5.41, 5.74) is 16.1. The van der Waals surface area contributed by atoms with E-state index in [0.717, 1.165) is 94.4 Å². The maximum atomic E-state index is 13.3. The predicted octanol–water partition coefficient (Wildman–Crippen LogP) is 3.60. The predicted molar refractivity (Wildman–Crippen MR) is 140 cm³/mol. The van der Waals surface area contributed by atoms with Crippen LogP contribution in [0.15, 0.2) is 16.8 Å². The maximum absolute atomic E-state index is 13.3. The molecule has 1 amide bonds. The summed E-state index contributed by atoms with van der Waals surface area (Å²) in [5.74, 6) is 2.25. The van der Waals surface area contributed by atoms with Gasteiger partial charge >= 0.3 is 0 Å². The first-order valence-corrected chi connectivity index (χ1v) is 13.6. The van der Waals surface area contributed by atoms with Gasteiger partial charge in [-0.15, -0.1) is 0 Å². The highest BCUT2D eigenvalue weighted by Crippen LogP contribution is 2.43. The van der Waals surface area contributed by atoms with E-state index in [4.69, 9.17) is 26.4 Å². The van der Waals surface area contributed by atoms with Gasteiger partial charge in [0.15, 0.2) is 5.82 Å². The van der Waals surface area contributed by atoms with Crippen molar-refractivity contribution >= 4 is 23.5 Å². The van der Waals surface area contributed by atoms with E-state index in [1.165, 1.54) is 12.8 Å². The monoisotopic (exact) mass is 479 g/mol. The van der Waals surface area contributed by atoms with Crippen molar-refractivity contribution in [1.82, 2.24) is 14.9 Å². The lowest BCUT2D eigenvalue weighted by molar-refractivity contribution is -0.133. The number of aryl methyl sites for hydroxylation is 1. The van der Waals surface area contributed by atoms with Crippen molar-refractivity contribution in [1.29, 1.82) is 0 Å². The zero-order valence-corrected chi connectivity index (χ0v) is 21.4. The third-order valence-corrected chi connectivity index (χ3v) is 8.35. The average molecular weight is 480 g/mol. The molecule has 5 rings (SSSR count). The number of anilines is 1. The summed E-state index contributed by atoms with van der Waals surface area (Å²) < 4.78 is 0. The second-order valence-electron chi connectivity index (χ2n) is 11.6. The Balaban J connectivity index is 1.40. The lowest BCUT2D eigenvalue weighted by atomic mass is 9.90. The van der Waals surface area contributed by atoms with Crippen LogP contribution in [-0.4, -0.2) is 52.3 Å². The Hall–Kier alpha value is -2.64. The van der Waals surface area contributed by atoms with Gasteiger partial charge in [0.25, 0.3) is 0 Å². The van der Waals surface area contributed by atoms with Crippen LogP contribution in [0.1, 0.15) is 82.9 Å². The van der Waals surface area contributed by atoms with Crippen molar-refractivity contribution in [3.8, 4) is 0 Å². The average Bonchev–Trinajstić information content (AvgIpc) is 3.58. The lowest BCUT2D eigenvalue weighted by Gasteiger charge is -2.32. The van der Waals surface area contributed by atoms with Crippen LogP contribution in [0.3, 0.4) is 0 Å². The topological polar surface area (TPSA) is 114 Å². The number of nitrogens with two attached hydrogens (primary N) is 2. The number of carbonyl (C=O) groups excluding carboxylic acids is 1. The maximum Gasteiger partial charge on any atom is 0.245 e. The lowest BCUT2D eigenvalue weighted by Crippen LogP contribution is -2.48. The van der Waals surface area contributed by atoms with Gasteiger partial charge in [0, 0.05) is 30.9 Å². The first-order chi connectivity index (χ1) is 16.8. The van der Waals surface area contributed by atoms with Crippen molar-refractivity contribution in [2.24, 2.45) is 27.8 Å². The minimum absolute atomic E-state index is 0.178. The molecule has 0 bridgehead atoms. The van der Waals surface area contributed by atoms with Crippen LogP contribution in [0.25, 0.3) is 0 Å². The molecule has 4 aliphatic rings. The Kier molecular flexibility index (Phi) is 6.73. The van der Waals surface area contributed by atoms with Gasteiger partial charge in [-0.3, -0.25) is 4.79 Å². The van der Waals surface area contributed by atoms with Gasteiger partial charge in [0.05, 0.1) is 5.69 Å². The minimum atomic E-state index is -0.178. The zero-order chi connectivity index (χ0) is 24.6. The number of aliphatic imine (C=N–C) groups is 1. The number of amides is 1. The highest BCUT2D eigenvalue weighted by atomic mass is 16.2. The molecule has 1 saturated carbocycles. The molecule has 4 N–H and O–H groups in total. The van der Waals surface area contributed by atoms with Crippen LogP contribution in [0.5, 0.6) is 0 Å². The van der Waals surface area contributed by atoms with Gasteiger partial charge in [0.2, 0.25) is 11.9 Å². The molecular formula is C27H41N7O. The molecule has 8 heteroatoms. The van der Waals surface area contributed by atoms with E-state index < -0.39 is 0 Å². The number of fused-ring (bicyclic) bond motifs is 1. The molecule has 2 aliphatic heterocycles. The number of hydrogen-bond acceptors (Lipinski definition) is 6. The largest absolute Gasteiger partial charge is 0.402 e. The van der Waals surface area contributed by atoms with E-state index in [-0.39, 0.29) is 11.9 Å².